The van der Waals surface area contributed by atoms with Crippen LogP contribution in [0.3, 0.4) is 0 Å². The summed E-state index contributed by atoms with van der Waals surface area (Å²) in [5, 5.41) is 0. The Morgan fingerprint density at radius 1 is 1.27 bits per heavy atom. The standard InChI is InChI=1S/C15H18N5O5P/c16-15-18-13-12(14(21)19-15)17-9-20(13)6-7-24-10-26(22,23)25-8-11-4-2-1-3-5-11/h1-5,9,12H,6-8,10H2,(H,22,23)(H2,16,19,21). The van der Waals surface area contributed by atoms with Crippen molar-refractivity contribution in [2.75, 3.05) is 19.5 Å². The van der Waals surface area contributed by atoms with Gasteiger partial charge in [0, 0.05) is 6.54 Å². The summed E-state index contributed by atoms with van der Waals surface area (Å²) in [4.78, 5) is 34.6. The number of carbonyl (C=O) groups is 1. The molecular weight excluding hydrogens is 361 g/mol. The van der Waals surface area contributed by atoms with Crippen LogP contribution >= 0.6 is 7.60 Å². The van der Waals surface area contributed by atoms with Crippen molar-refractivity contribution in [3.8, 4) is 0 Å². The molecule has 10 nitrogen and oxygen atoms in total. The van der Waals surface area contributed by atoms with Crippen molar-refractivity contribution >= 4 is 31.6 Å². The van der Waals surface area contributed by atoms with Gasteiger partial charge >= 0.3 is 7.60 Å². The molecule has 0 bridgehead atoms. The quantitative estimate of drug-likeness (QED) is 0.490. The van der Waals surface area contributed by atoms with Crippen LogP contribution in [-0.2, 0) is 25.2 Å². The summed E-state index contributed by atoms with van der Waals surface area (Å²) in [6.45, 7) is 0.427. The van der Waals surface area contributed by atoms with Gasteiger partial charge in [-0.1, -0.05) is 30.3 Å². The molecule has 11 heteroatoms. The highest BCUT2D eigenvalue weighted by atomic mass is 31.2. The second-order valence-electron chi connectivity index (χ2n) is 5.57. The molecule has 2 atom stereocenters. The van der Waals surface area contributed by atoms with Gasteiger partial charge in [0.1, 0.15) is 12.2 Å². The number of ether oxygens (including phenoxy) is 1. The van der Waals surface area contributed by atoms with Gasteiger partial charge in [-0.15, -0.1) is 0 Å². The molecule has 2 unspecified atom stereocenters. The second kappa shape index (κ2) is 7.88. The Bertz CT molecular complexity index is 810. The fourth-order valence-corrected chi connectivity index (χ4v) is 3.13. The molecule has 2 aliphatic heterocycles. The molecule has 0 saturated carbocycles. The van der Waals surface area contributed by atoms with Crippen molar-refractivity contribution < 1.29 is 23.5 Å². The van der Waals surface area contributed by atoms with E-state index in [1.807, 2.05) is 18.2 Å². The topological polar surface area (TPSA) is 139 Å². The molecule has 0 radical (unpaired) electrons. The number of benzene rings is 1. The molecule has 0 aliphatic carbocycles. The molecule has 2 aliphatic rings. The Hall–Kier alpha value is -2.39. The van der Waals surface area contributed by atoms with E-state index < -0.39 is 25.9 Å². The third kappa shape index (κ3) is 4.61. The monoisotopic (exact) mass is 379 g/mol. The van der Waals surface area contributed by atoms with Crippen LogP contribution in [0.5, 0.6) is 0 Å². The van der Waals surface area contributed by atoms with Gasteiger partial charge < -0.3 is 24.8 Å². The van der Waals surface area contributed by atoms with Crippen LogP contribution in [0.1, 0.15) is 5.56 Å². The number of amides is 1. The summed E-state index contributed by atoms with van der Waals surface area (Å²) in [5.41, 5.74) is 6.27. The van der Waals surface area contributed by atoms with Crippen molar-refractivity contribution in [3.05, 3.63) is 35.9 Å². The fourth-order valence-electron chi connectivity index (χ4n) is 2.35. The first-order valence-corrected chi connectivity index (χ1v) is 9.55. The summed E-state index contributed by atoms with van der Waals surface area (Å²) >= 11 is 0. The lowest BCUT2D eigenvalue weighted by Gasteiger charge is -2.20. The number of rotatable bonds is 8. The maximum Gasteiger partial charge on any atom is 0.353 e. The lowest BCUT2D eigenvalue weighted by Crippen LogP contribution is -2.41. The Labute approximate surface area is 149 Å². The average Bonchev–Trinajstić information content (AvgIpc) is 3.01. The molecule has 0 saturated heterocycles. The smallest absolute Gasteiger partial charge is 0.353 e. The Morgan fingerprint density at radius 3 is 2.81 bits per heavy atom. The van der Waals surface area contributed by atoms with Crippen molar-refractivity contribution in [3.63, 3.8) is 0 Å². The summed E-state index contributed by atoms with van der Waals surface area (Å²) in [5.74, 6) is -0.216. The van der Waals surface area contributed by atoms with Gasteiger partial charge in [-0.05, 0) is 5.56 Å². The number of hydrogen-bond acceptors (Lipinski definition) is 8. The van der Waals surface area contributed by atoms with Crippen LogP contribution in [0.15, 0.2) is 45.3 Å². The molecule has 1 aromatic carbocycles. The first kappa shape index (κ1) is 18.4. The van der Waals surface area contributed by atoms with Gasteiger partial charge in [0.2, 0.25) is 5.96 Å². The minimum Gasteiger partial charge on any atom is -0.368 e. The molecule has 0 aromatic heterocycles. The highest BCUT2D eigenvalue weighted by Gasteiger charge is 2.35. The largest absolute Gasteiger partial charge is 0.368 e. The minimum atomic E-state index is -3.87. The van der Waals surface area contributed by atoms with Crippen molar-refractivity contribution in [2.45, 2.75) is 12.6 Å². The fraction of sp³-hybridized carbons (Fsp3) is 0.333. The maximum atomic E-state index is 12.0. The highest BCUT2D eigenvalue weighted by Crippen LogP contribution is 2.42. The average molecular weight is 379 g/mol. The zero-order valence-electron chi connectivity index (χ0n) is 13.8. The van der Waals surface area contributed by atoms with Crippen molar-refractivity contribution in [2.24, 2.45) is 20.7 Å². The zero-order chi connectivity index (χ0) is 18.6. The molecule has 2 heterocycles. The Balaban J connectivity index is 1.42. The SMILES string of the molecule is NC1=NC(=O)C2N=CN(CCOCP(=O)(O)OCc3ccccc3)C2=N1. The van der Waals surface area contributed by atoms with E-state index in [1.165, 1.54) is 6.34 Å². The van der Waals surface area contributed by atoms with Crippen LogP contribution in [0.2, 0.25) is 0 Å². The Kier molecular flexibility index (Phi) is 5.58. The van der Waals surface area contributed by atoms with Crippen LogP contribution < -0.4 is 5.73 Å². The van der Waals surface area contributed by atoms with Gasteiger partial charge in [0.05, 0.1) is 19.6 Å². The third-order valence-electron chi connectivity index (χ3n) is 3.59. The van der Waals surface area contributed by atoms with E-state index in [2.05, 4.69) is 15.0 Å². The van der Waals surface area contributed by atoms with Gasteiger partial charge in [-0.25, -0.2) is 0 Å². The summed E-state index contributed by atoms with van der Waals surface area (Å²) in [7, 11) is -3.87. The molecule has 0 fully saturated rings. The van der Waals surface area contributed by atoms with E-state index in [4.69, 9.17) is 15.0 Å². The molecule has 1 aromatic rings. The van der Waals surface area contributed by atoms with E-state index in [1.54, 1.807) is 17.0 Å². The normalized spacial score (nSPS) is 21.2. The van der Waals surface area contributed by atoms with Crippen molar-refractivity contribution in [1.82, 2.24) is 4.90 Å². The van der Waals surface area contributed by atoms with E-state index in [-0.39, 0.29) is 25.7 Å². The van der Waals surface area contributed by atoms with Gasteiger partial charge in [-0.3, -0.25) is 14.4 Å². The highest BCUT2D eigenvalue weighted by molar-refractivity contribution is 7.52. The molecule has 3 N–H and O–H groups in total. The second-order valence-corrected chi connectivity index (χ2v) is 7.36. The number of fused-ring (bicyclic) bond motifs is 1. The number of amidine groups is 1. The number of nitrogens with zero attached hydrogens (tertiary/aromatic N) is 4. The van der Waals surface area contributed by atoms with Gasteiger partial charge in [0.15, 0.2) is 6.04 Å². The summed E-state index contributed by atoms with van der Waals surface area (Å²) in [6.07, 6.45) is 1.01. The van der Waals surface area contributed by atoms with Gasteiger partial charge in [-0.2, -0.15) is 9.98 Å². The zero-order valence-corrected chi connectivity index (χ0v) is 14.7. The molecule has 1 amide bonds. The number of aliphatic imine (C=N–C) groups is 3. The summed E-state index contributed by atoms with van der Waals surface area (Å²) in [6, 6.07) is 8.30. The van der Waals surface area contributed by atoms with Crippen molar-refractivity contribution in [1.29, 1.82) is 0 Å². The van der Waals surface area contributed by atoms with E-state index >= 15 is 0 Å². The van der Waals surface area contributed by atoms with Gasteiger partial charge in [0.25, 0.3) is 5.91 Å². The molecular formula is C15H18N5O5P. The number of nitrogens with two attached hydrogens (primary N) is 1. The molecule has 26 heavy (non-hydrogen) atoms. The lowest BCUT2D eigenvalue weighted by molar-refractivity contribution is -0.117. The molecule has 3 rings (SSSR count). The predicted octanol–water partition coefficient (Wildman–Crippen LogP) is 0.329. The van der Waals surface area contributed by atoms with Crippen LogP contribution in [0.25, 0.3) is 0 Å². The maximum absolute atomic E-state index is 12.0. The Morgan fingerprint density at radius 2 is 2.04 bits per heavy atom. The third-order valence-corrected chi connectivity index (χ3v) is 4.63. The van der Waals surface area contributed by atoms with Crippen LogP contribution in [-0.4, -0.2) is 59.4 Å². The number of guanidine groups is 1. The summed E-state index contributed by atoms with van der Waals surface area (Å²) < 4.78 is 22.3. The minimum absolute atomic E-state index is 0.0238. The first-order valence-electron chi connectivity index (χ1n) is 7.79. The predicted molar refractivity (Wildman–Crippen MR) is 94.9 cm³/mol. The van der Waals surface area contributed by atoms with Crippen LogP contribution in [0.4, 0.5) is 0 Å². The van der Waals surface area contributed by atoms with E-state index in [0.717, 1.165) is 5.56 Å². The van der Waals surface area contributed by atoms with E-state index in [0.29, 0.717) is 5.84 Å². The lowest BCUT2D eigenvalue weighted by atomic mass is 10.2. The number of carbonyl (C=O) groups excluding carboxylic acids is 1. The molecule has 0 spiro atoms. The van der Waals surface area contributed by atoms with Crippen LogP contribution in [0, 0.1) is 0 Å². The first-order chi connectivity index (χ1) is 12.4. The number of hydrogen-bond donors (Lipinski definition) is 2. The molecule has 138 valence electrons. The van der Waals surface area contributed by atoms with E-state index in [9.17, 15) is 14.3 Å².